The summed E-state index contributed by atoms with van der Waals surface area (Å²) in [6.45, 7) is 3.45. The van der Waals surface area contributed by atoms with E-state index in [2.05, 4.69) is 5.32 Å². The van der Waals surface area contributed by atoms with Crippen molar-refractivity contribution >= 4 is 28.9 Å². The number of rotatable bonds is 6. The van der Waals surface area contributed by atoms with Gasteiger partial charge in [0.1, 0.15) is 5.75 Å². The Bertz CT molecular complexity index is 693. The highest BCUT2D eigenvalue weighted by Crippen LogP contribution is 2.22. The van der Waals surface area contributed by atoms with Crippen LogP contribution in [-0.4, -0.2) is 23.6 Å². The normalized spacial score (nSPS) is 10.3. The Morgan fingerprint density at radius 1 is 1.23 bits per heavy atom. The van der Waals surface area contributed by atoms with Crippen molar-refractivity contribution in [3.8, 4) is 5.75 Å². The molecule has 116 valence electrons. The molecule has 1 aromatic heterocycles. The second kappa shape index (κ2) is 7.09. The summed E-state index contributed by atoms with van der Waals surface area (Å²) in [4.78, 5) is 24.7. The van der Waals surface area contributed by atoms with Crippen molar-refractivity contribution < 1.29 is 19.4 Å². The summed E-state index contributed by atoms with van der Waals surface area (Å²) in [5.74, 6) is -0.641. The van der Waals surface area contributed by atoms with E-state index < -0.39 is 5.97 Å². The molecule has 0 aliphatic rings. The fraction of sp³-hybridized carbons (Fsp3) is 0.250. The van der Waals surface area contributed by atoms with Gasteiger partial charge in [0.05, 0.1) is 6.42 Å². The zero-order valence-corrected chi connectivity index (χ0v) is 13.2. The van der Waals surface area contributed by atoms with Gasteiger partial charge in [-0.1, -0.05) is 0 Å². The third-order valence-corrected chi connectivity index (χ3v) is 3.97. The second-order valence-corrected chi connectivity index (χ2v) is 6.27. The van der Waals surface area contributed by atoms with Gasteiger partial charge in [0.2, 0.25) is 5.91 Å². The van der Waals surface area contributed by atoms with E-state index >= 15 is 0 Å². The Hall–Kier alpha value is -2.34. The lowest BCUT2D eigenvalue weighted by molar-refractivity contribution is -0.139. The highest BCUT2D eigenvalue weighted by molar-refractivity contribution is 7.12. The monoisotopic (exact) mass is 319 g/mol. The SMILES string of the molecule is Cc1ccc(CC(=O)Nc2ccc(OCC(=O)O)cc2C)s1. The Morgan fingerprint density at radius 2 is 2.00 bits per heavy atom. The van der Waals surface area contributed by atoms with Gasteiger partial charge in [-0.05, 0) is 49.7 Å². The summed E-state index contributed by atoms with van der Waals surface area (Å²) in [7, 11) is 0. The fourth-order valence-electron chi connectivity index (χ4n) is 1.94. The quantitative estimate of drug-likeness (QED) is 0.858. The summed E-state index contributed by atoms with van der Waals surface area (Å²) < 4.78 is 5.10. The first-order chi connectivity index (χ1) is 10.4. The minimum Gasteiger partial charge on any atom is -0.482 e. The minimum atomic E-state index is -1.03. The Kier molecular flexibility index (Phi) is 5.16. The number of thiophene rings is 1. The van der Waals surface area contributed by atoms with Gasteiger partial charge >= 0.3 is 5.97 Å². The third-order valence-electron chi connectivity index (χ3n) is 2.97. The van der Waals surface area contributed by atoms with E-state index in [1.807, 2.05) is 26.0 Å². The second-order valence-electron chi connectivity index (χ2n) is 4.90. The molecule has 0 saturated heterocycles. The van der Waals surface area contributed by atoms with Crippen LogP contribution < -0.4 is 10.1 Å². The van der Waals surface area contributed by atoms with Crippen molar-refractivity contribution in [2.45, 2.75) is 20.3 Å². The molecular formula is C16H17NO4S. The number of carbonyl (C=O) groups is 2. The van der Waals surface area contributed by atoms with Crippen LogP contribution in [0.15, 0.2) is 30.3 Å². The predicted octanol–water partition coefficient (Wildman–Crippen LogP) is 3.01. The van der Waals surface area contributed by atoms with Crippen molar-refractivity contribution in [3.63, 3.8) is 0 Å². The maximum Gasteiger partial charge on any atom is 0.341 e. The molecule has 2 rings (SSSR count). The molecule has 1 amide bonds. The summed E-state index contributed by atoms with van der Waals surface area (Å²) in [6, 6.07) is 9.00. The zero-order valence-electron chi connectivity index (χ0n) is 12.4. The van der Waals surface area contributed by atoms with E-state index in [1.54, 1.807) is 29.5 Å². The number of aryl methyl sites for hydroxylation is 2. The van der Waals surface area contributed by atoms with E-state index in [-0.39, 0.29) is 12.5 Å². The van der Waals surface area contributed by atoms with Gasteiger partial charge in [0.25, 0.3) is 0 Å². The van der Waals surface area contributed by atoms with E-state index in [9.17, 15) is 9.59 Å². The van der Waals surface area contributed by atoms with Gasteiger partial charge in [0, 0.05) is 15.4 Å². The summed E-state index contributed by atoms with van der Waals surface area (Å²) in [5.41, 5.74) is 1.51. The topological polar surface area (TPSA) is 75.6 Å². The molecule has 0 atom stereocenters. The predicted molar refractivity (Wildman–Crippen MR) is 85.7 cm³/mol. The van der Waals surface area contributed by atoms with E-state index in [4.69, 9.17) is 9.84 Å². The largest absolute Gasteiger partial charge is 0.482 e. The van der Waals surface area contributed by atoms with Crippen LogP contribution in [0.3, 0.4) is 0 Å². The molecule has 0 saturated carbocycles. The molecule has 6 heteroatoms. The molecule has 0 radical (unpaired) electrons. The number of hydrogen-bond acceptors (Lipinski definition) is 4. The standard InChI is InChI=1S/C16H17NO4S/c1-10-7-12(21-9-16(19)20)4-6-14(10)17-15(18)8-13-5-3-11(2)22-13/h3-7H,8-9H2,1-2H3,(H,17,18)(H,19,20). The molecule has 1 aromatic carbocycles. The highest BCUT2D eigenvalue weighted by atomic mass is 32.1. The van der Waals surface area contributed by atoms with Gasteiger partial charge in [-0.2, -0.15) is 0 Å². The maximum atomic E-state index is 12.0. The van der Waals surface area contributed by atoms with Gasteiger partial charge in [-0.25, -0.2) is 4.79 Å². The number of carboxylic acids is 1. The van der Waals surface area contributed by atoms with Gasteiger partial charge in [-0.3, -0.25) is 4.79 Å². The molecule has 5 nitrogen and oxygen atoms in total. The van der Waals surface area contributed by atoms with Crippen molar-refractivity contribution in [1.29, 1.82) is 0 Å². The first-order valence-electron chi connectivity index (χ1n) is 6.74. The molecule has 2 N–H and O–H groups in total. The third kappa shape index (κ3) is 4.60. The van der Waals surface area contributed by atoms with E-state index in [0.29, 0.717) is 17.9 Å². The zero-order chi connectivity index (χ0) is 16.1. The molecule has 1 heterocycles. The summed E-state index contributed by atoms with van der Waals surface area (Å²) >= 11 is 1.61. The smallest absolute Gasteiger partial charge is 0.341 e. The Balaban J connectivity index is 1.97. The summed E-state index contributed by atoms with van der Waals surface area (Å²) in [6.07, 6.45) is 0.342. The van der Waals surface area contributed by atoms with Gasteiger partial charge in [-0.15, -0.1) is 11.3 Å². The van der Waals surface area contributed by atoms with Gasteiger partial charge in [0.15, 0.2) is 6.61 Å². The Labute approximate surface area is 132 Å². The van der Waals surface area contributed by atoms with Crippen LogP contribution >= 0.6 is 11.3 Å². The Morgan fingerprint density at radius 3 is 2.59 bits per heavy atom. The van der Waals surface area contributed by atoms with E-state index in [1.165, 1.54) is 4.88 Å². The number of anilines is 1. The van der Waals surface area contributed by atoms with Crippen LogP contribution in [0.1, 0.15) is 15.3 Å². The first-order valence-corrected chi connectivity index (χ1v) is 7.56. The number of carbonyl (C=O) groups excluding carboxylic acids is 1. The lowest BCUT2D eigenvalue weighted by atomic mass is 10.2. The molecule has 0 aliphatic heterocycles. The number of amides is 1. The number of benzene rings is 1. The minimum absolute atomic E-state index is 0.0795. The van der Waals surface area contributed by atoms with Crippen molar-refractivity contribution in [2.24, 2.45) is 0 Å². The molecular weight excluding hydrogens is 302 g/mol. The number of aliphatic carboxylic acids is 1. The van der Waals surface area contributed by atoms with Crippen LogP contribution in [-0.2, 0) is 16.0 Å². The molecule has 0 bridgehead atoms. The summed E-state index contributed by atoms with van der Waals surface area (Å²) in [5, 5.41) is 11.4. The number of hydrogen-bond donors (Lipinski definition) is 2. The molecule has 0 aliphatic carbocycles. The lowest BCUT2D eigenvalue weighted by Gasteiger charge is -2.10. The van der Waals surface area contributed by atoms with Crippen LogP contribution in [0.5, 0.6) is 5.75 Å². The van der Waals surface area contributed by atoms with Crippen LogP contribution in [0.25, 0.3) is 0 Å². The van der Waals surface area contributed by atoms with Crippen molar-refractivity contribution in [2.75, 3.05) is 11.9 Å². The number of carboxylic acid groups (broad SMARTS) is 1. The molecule has 0 spiro atoms. The first kappa shape index (κ1) is 16.0. The maximum absolute atomic E-state index is 12.0. The molecule has 2 aromatic rings. The fourth-order valence-corrected chi connectivity index (χ4v) is 2.83. The molecule has 0 fully saturated rings. The van der Waals surface area contributed by atoms with Crippen LogP contribution in [0.4, 0.5) is 5.69 Å². The molecule has 0 unspecified atom stereocenters. The lowest BCUT2D eigenvalue weighted by Crippen LogP contribution is -2.14. The van der Waals surface area contributed by atoms with Gasteiger partial charge < -0.3 is 15.2 Å². The van der Waals surface area contributed by atoms with E-state index in [0.717, 1.165) is 10.4 Å². The molecule has 22 heavy (non-hydrogen) atoms. The average Bonchev–Trinajstić information content (AvgIpc) is 2.84. The van der Waals surface area contributed by atoms with Crippen LogP contribution in [0, 0.1) is 13.8 Å². The average molecular weight is 319 g/mol. The highest BCUT2D eigenvalue weighted by Gasteiger charge is 2.09. The number of ether oxygens (including phenoxy) is 1. The number of nitrogens with one attached hydrogen (secondary N) is 1. The van der Waals surface area contributed by atoms with Crippen LogP contribution in [0.2, 0.25) is 0 Å². The van der Waals surface area contributed by atoms with Crippen molar-refractivity contribution in [1.82, 2.24) is 0 Å². The van der Waals surface area contributed by atoms with Crippen molar-refractivity contribution in [3.05, 3.63) is 45.6 Å².